The quantitative estimate of drug-likeness (QED) is 0.782. The molecule has 1 atom stereocenters. The standard InChI is InChI=1S/C11H15N3O4S/c1-17-10(16)8-6-14(3-4-18-8)7-9(15)13-11-12-2-5-19-11/h2,5,8H,3-4,6-7H2,1H3,(H,12,13,15). The highest BCUT2D eigenvalue weighted by molar-refractivity contribution is 7.13. The van der Waals surface area contributed by atoms with Crippen molar-refractivity contribution in [1.29, 1.82) is 0 Å². The molecule has 1 amide bonds. The lowest BCUT2D eigenvalue weighted by Gasteiger charge is -2.30. The summed E-state index contributed by atoms with van der Waals surface area (Å²) in [5, 5.41) is 5.06. The summed E-state index contributed by atoms with van der Waals surface area (Å²) in [5.41, 5.74) is 0. The number of aromatic nitrogens is 1. The van der Waals surface area contributed by atoms with Gasteiger partial charge in [0, 0.05) is 24.7 Å². The van der Waals surface area contributed by atoms with Crippen molar-refractivity contribution in [3.8, 4) is 0 Å². The first kappa shape index (κ1) is 13.9. The van der Waals surface area contributed by atoms with Crippen molar-refractivity contribution in [2.75, 3.05) is 38.7 Å². The van der Waals surface area contributed by atoms with Crippen LogP contribution < -0.4 is 5.32 Å². The van der Waals surface area contributed by atoms with Gasteiger partial charge in [-0.3, -0.25) is 9.69 Å². The fourth-order valence-corrected chi connectivity index (χ4v) is 2.31. The number of carbonyl (C=O) groups excluding carboxylic acids is 2. The molecule has 1 unspecified atom stereocenters. The molecule has 0 bridgehead atoms. The van der Waals surface area contributed by atoms with Crippen LogP contribution in [-0.4, -0.2) is 61.2 Å². The summed E-state index contributed by atoms with van der Waals surface area (Å²) in [6.45, 7) is 1.58. The Bertz CT molecular complexity index is 437. The third kappa shape index (κ3) is 3.98. The van der Waals surface area contributed by atoms with Gasteiger partial charge in [0.1, 0.15) is 0 Å². The molecule has 1 fully saturated rings. The van der Waals surface area contributed by atoms with Gasteiger partial charge in [0.25, 0.3) is 0 Å². The maximum Gasteiger partial charge on any atom is 0.336 e. The first-order chi connectivity index (χ1) is 9.19. The summed E-state index contributed by atoms with van der Waals surface area (Å²) in [7, 11) is 1.32. The number of rotatable bonds is 4. The van der Waals surface area contributed by atoms with E-state index < -0.39 is 12.1 Å². The minimum absolute atomic E-state index is 0.152. The van der Waals surface area contributed by atoms with Crippen LogP contribution in [0.1, 0.15) is 0 Å². The highest BCUT2D eigenvalue weighted by atomic mass is 32.1. The van der Waals surface area contributed by atoms with E-state index in [1.807, 2.05) is 4.90 Å². The molecule has 1 N–H and O–H groups in total. The summed E-state index contributed by atoms with van der Waals surface area (Å²) in [5.74, 6) is -0.564. The molecule has 7 nitrogen and oxygen atoms in total. The van der Waals surface area contributed by atoms with Crippen LogP contribution in [0.5, 0.6) is 0 Å². The molecule has 1 aliphatic heterocycles. The Morgan fingerprint density at radius 3 is 3.21 bits per heavy atom. The molecule has 0 spiro atoms. The van der Waals surface area contributed by atoms with E-state index in [0.29, 0.717) is 24.8 Å². The van der Waals surface area contributed by atoms with Crippen molar-refractivity contribution in [3.05, 3.63) is 11.6 Å². The van der Waals surface area contributed by atoms with Crippen molar-refractivity contribution in [1.82, 2.24) is 9.88 Å². The van der Waals surface area contributed by atoms with Crippen molar-refractivity contribution < 1.29 is 19.1 Å². The molecule has 104 valence electrons. The lowest BCUT2D eigenvalue weighted by Crippen LogP contribution is -2.48. The maximum atomic E-state index is 11.8. The number of anilines is 1. The Kier molecular flexibility index (Phi) is 4.83. The van der Waals surface area contributed by atoms with Gasteiger partial charge < -0.3 is 14.8 Å². The zero-order valence-corrected chi connectivity index (χ0v) is 11.3. The second-order valence-corrected chi connectivity index (χ2v) is 4.90. The molecule has 0 aliphatic carbocycles. The molecule has 2 rings (SSSR count). The molecule has 2 heterocycles. The molecule has 0 radical (unpaired) electrons. The number of nitrogens with zero attached hydrogens (tertiary/aromatic N) is 2. The predicted octanol–water partition coefficient (Wildman–Crippen LogP) is -0.0446. The number of ether oxygens (including phenoxy) is 2. The van der Waals surface area contributed by atoms with Gasteiger partial charge in [-0.25, -0.2) is 9.78 Å². The van der Waals surface area contributed by atoms with E-state index in [1.54, 1.807) is 11.6 Å². The molecular formula is C11H15N3O4S. The Morgan fingerprint density at radius 1 is 1.68 bits per heavy atom. The molecule has 0 aromatic carbocycles. The monoisotopic (exact) mass is 285 g/mol. The second-order valence-electron chi connectivity index (χ2n) is 4.00. The summed E-state index contributed by atoms with van der Waals surface area (Å²) in [6.07, 6.45) is 1.01. The highest BCUT2D eigenvalue weighted by Gasteiger charge is 2.28. The van der Waals surface area contributed by atoms with Crippen molar-refractivity contribution in [2.24, 2.45) is 0 Å². The average Bonchev–Trinajstić information content (AvgIpc) is 2.90. The van der Waals surface area contributed by atoms with Crippen molar-refractivity contribution >= 4 is 28.3 Å². The molecule has 1 aliphatic rings. The zero-order valence-electron chi connectivity index (χ0n) is 10.5. The van der Waals surface area contributed by atoms with Crippen LogP contribution in [0.3, 0.4) is 0 Å². The van der Waals surface area contributed by atoms with Gasteiger partial charge in [-0.1, -0.05) is 0 Å². The van der Waals surface area contributed by atoms with Gasteiger partial charge in [0.2, 0.25) is 5.91 Å². The Hall–Kier alpha value is -1.51. The van der Waals surface area contributed by atoms with Crippen molar-refractivity contribution in [2.45, 2.75) is 6.10 Å². The maximum absolute atomic E-state index is 11.8. The van der Waals surface area contributed by atoms with E-state index in [2.05, 4.69) is 15.0 Å². The number of hydrogen-bond donors (Lipinski definition) is 1. The topological polar surface area (TPSA) is 80.8 Å². The van der Waals surface area contributed by atoms with Crippen LogP contribution in [0.15, 0.2) is 11.6 Å². The third-order valence-electron chi connectivity index (χ3n) is 2.66. The number of thiazole rings is 1. The largest absolute Gasteiger partial charge is 0.467 e. The molecule has 1 aromatic heterocycles. The molecule has 0 saturated carbocycles. The lowest BCUT2D eigenvalue weighted by atomic mass is 10.2. The van der Waals surface area contributed by atoms with Crippen molar-refractivity contribution in [3.63, 3.8) is 0 Å². The fourth-order valence-electron chi connectivity index (χ4n) is 1.77. The molecule has 1 saturated heterocycles. The molecule has 8 heteroatoms. The fraction of sp³-hybridized carbons (Fsp3) is 0.545. The number of methoxy groups -OCH3 is 1. The Morgan fingerprint density at radius 2 is 2.53 bits per heavy atom. The van der Waals surface area contributed by atoms with Gasteiger partial charge >= 0.3 is 5.97 Å². The van der Waals surface area contributed by atoms with E-state index in [9.17, 15) is 9.59 Å². The van der Waals surface area contributed by atoms with Crippen LogP contribution in [0, 0.1) is 0 Å². The van der Waals surface area contributed by atoms with Crippen LogP contribution in [-0.2, 0) is 19.1 Å². The molecule has 1 aromatic rings. The van der Waals surface area contributed by atoms with E-state index in [0.717, 1.165) is 0 Å². The predicted molar refractivity (Wildman–Crippen MR) is 68.9 cm³/mol. The summed E-state index contributed by atoms with van der Waals surface area (Å²) in [6, 6.07) is 0. The van der Waals surface area contributed by atoms with E-state index in [4.69, 9.17) is 4.74 Å². The summed E-state index contributed by atoms with van der Waals surface area (Å²) in [4.78, 5) is 29.0. The number of carbonyl (C=O) groups is 2. The zero-order chi connectivity index (χ0) is 13.7. The lowest BCUT2D eigenvalue weighted by molar-refractivity contribution is -0.160. The van der Waals surface area contributed by atoms with Gasteiger partial charge in [-0.05, 0) is 0 Å². The second kappa shape index (κ2) is 6.60. The number of morpholine rings is 1. The minimum Gasteiger partial charge on any atom is -0.467 e. The summed E-state index contributed by atoms with van der Waals surface area (Å²) < 4.78 is 9.92. The first-order valence-corrected chi connectivity index (χ1v) is 6.68. The minimum atomic E-state index is -0.619. The number of nitrogens with one attached hydrogen (secondary N) is 1. The molecular weight excluding hydrogens is 270 g/mol. The third-order valence-corrected chi connectivity index (χ3v) is 3.35. The van der Waals surface area contributed by atoms with Crippen LogP contribution in [0.2, 0.25) is 0 Å². The first-order valence-electron chi connectivity index (χ1n) is 5.80. The van der Waals surface area contributed by atoms with Crippen LogP contribution in [0.4, 0.5) is 5.13 Å². The normalized spacial score (nSPS) is 19.9. The van der Waals surface area contributed by atoms with Gasteiger partial charge in [0.05, 0.1) is 20.3 Å². The highest BCUT2D eigenvalue weighted by Crippen LogP contribution is 2.11. The Balaban J connectivity index is 1.81. The SMILES string of the molecule is COC(=O)C1CN(CC(=O)Nc2nccs2)CCO1. The van der Waals surface area contributed by atoms with Gasteiger partial charge in [0.15, 0.2) is 11.2 Å². The average molecular weight is 285 g/mol. The smallest absolute Gasteiger partial charge is 0.336 e. The van der Waals surface area contributed by atoms with E-state index in [-0.39, 0.29) is 12.5 Å². The van der Waals surface area contributed by atoms with Gasteiger partial charge in [-0.15, -0.1) is 11.3 Å². The molecule has 19 heavy (non-hydrogen) atoms. The number of esters is 1. The van der Waals surface area contributed by atoms with Crippen LogP contribution >= 0.6 is 11.3 Å². The van der Waals surface area contributed by atoms with E-state index in [1.165, 1.54) is 18.4 Å². The number of amides is 1. The van der Waals surface area contributed by atoms with Crippen LogP contribution in [0.25, 0.3) is 0 Å². The Labute approximate surface area is 114 Å². The van der Waals surface area contributed by atoms with E-state index >= 15 is 0 Å². The number of hydrogen-bond acceptors (Lipinski definition) is 7. The van der Waals surface area contributed by atoms with Gasteiger partial charge in [-0.2, -0.15) is 0 Å². The summed E-state index contributed by atoms with van der Waals surface area (Å²) >= 11 is 1.36.